The molecule has 1 saturated heterocycles. The summed E-state index contributed by atoms with van der Waals surface area (Å²) in [6, 6.07) is 0. The second-order valence-electron chi connectivity index (χ2n) is 6.37. The van der Waals surface area contributed by atoms with E-state index in [1.165, 1.54) is 0 Å². The third kappa shape index (κ3) is 4.51. The molecule has 1 unspecified atom stereocenters. The molecule has 5 nitrogen and oxygen atoms in total. The van der Waals surface area contributed by atoms with Crippen molar-refractivity contribution >= 4 is 12.1 Å². The number of rotatable bonds is 3. The minimum absolute atomic E-state index is 0.134. The maximum atomic E-state index is 12.6. The molecule has 1 rings (SSSR count). The lowest BCUT2D eigenvalue weighted by Gasteiger charge is -2.37. The summed E-state index contributed by atoms with van der Waals surface area (Å²) in [6.45, 7) is 5.12. The van der Waals surface area contributed by atoms with Gasteiger partial charge in [0.15, 0.2) is 0 Å². The van der Waals surface area contributed by atoms with E-state index < -0.39 is 42.2 Å². The molecule has 1 atom stereocenters. The number of hydrogen-bond donors (Lipinski definition) is 0. The zero-order valence-electron chi connectivity index (χ0n) is 13.2. The minimum Gasteiger partial charge on any atom is -0.467 e. The van der Waals surface area contributed by atoms with E-state index in [1.807, 2.05) is 0 Å². The maximum absolute atomic E-state index is 12.6. The monoisotopic (exact) mass is 325 g/mol. The molecule has 0 aromatic heterocycles. The van der Waals surface area contributed by atoms with Gasteiger partial charge in [-0.25, -0.2) is 9.59 Å². The van der Waals surface area contributed by atoms with Crippen LogP contribution in [0.5, 0.6) is 0 Å². The number of hydrogen-bond acceptors (Lipinski definition) is 4. The highest BCUT2D eigenvalue weighted by atomic mass is 19.4. The van der Waals surface area contributed by atoms with Gasteiger partial charge in [0, 0.05) is 13.0 Å². The van der Waals surface area contributed by atoms with Crippen LogP contribution in [0.2, 0.25) is 0 Å². The molecule has 0 aliphatic carbocycles. The molecule has 1 heterocycles. The van der Waals surface area contributed by atoms with Crippen molar-refractivity contribution < 1.29 is 32.2 Å². The van der Waals surface area contributed by atoms with Crippen LogP contribution in [0.3, 0.4) is 0 Å². The zero-order valence-corrected chi connectivity index (χ0v) is 13.2. The highest BCUT2D eigenvalue weighted by Gasteiger charge is 2.53. The average molecular weight is 325 g/mol. The Morgan fingerprint density at radius 2 is 1.82 bits per heavy atom. The summed E-state index contributed by atoms with van der Waals surface area (Å²) in [4.78, 5) is 25.4. The Bertz CT molecular complexity index is 431. The Hall–Kier alpha value is -1.47. The van der Waals surface area contributed by atoms with Crippen molar-refractivity contribution in [2.24, 2.45) is 0 Å². The summed E-state index contributed by atoms with van der Waals surface area (Å²) in [6.07, 6.45) is -6.34. The Labute approximate surface area is 127 Å². The van der Waals surface area contributed by atoms with E-state index in [1.54, 1.807) is 20.8 Å². The average Bonchev–Trinajstić information content (AvgIpc) is 2.77. The van der Waals surface area contributed by atoms with Crippen LogP contribution in [0.1, 0.15) is 46.5 Å². The summed E-state index contributed by atoms with van der Waals surface area (Å²) < 4.78 is 47.5. The van der Waals surface area contributed by atoms with E-state index in [4.69, 9.17) is 4.74 Å². The predicted octanol–water partition coefficient (Wildman–Crippen LogP) is 3.27. The Balaban J connectivity index is 3.02. The maximum Gasteiger partial charge on any atom is 0.411 e. The van der Waals surface area contributed by atoms with Crippen LogP contribution >= 0.6 is 0 Å². The first-order valence-corrected chi connectivity index (χ1v) is 7.07. The van der Waals surface area contributed by atoms with Crippen LogP contribution < -0.4 is 0 Å². The number of alkyl halides is 3. The van der Waals surface area contributed by atoms with Gasteiger partial charge in [0.25, 0.3) is 0 Å². The van der Waals surface area contributed by atoms with Crippen molar-refractivity contribution in [3.8, 4) is 0 Å². The topological polar surface area (TPSA) is 55.8 Å². The number of halogens is 3. The van der Waals surface area contributed by atoms with Gasteiger partial charge in [-0.1, -0.05) is 0 Å². The number of likely N-dealkylation sites (tertiary alicyclic amines) is 1. The summed E-state index contributed by atoms with van der Waals surface area (Å²) in [5, 5.41) is 0. The quantitative estimate of drug-likeness (QED) is 0.747. The Morgan fingerprint density at radius 1 is 1.23 bits per heavy atom. The normalized spacial score (nSPS) is 22.6. The lowest BCUT2D eigenvalue weighted by Crippen LogP contribution is -2.55. The van der Waals surface area contributed by atoms with E-state index >= 15 is 0 Å². The molecule has 22 heavy (non-hydrogen) atoms. The van der Waals surface area contributed by atoms with Crippen molar-refractivity contribution in [1.82, 2.24) is 4.90 Å². The van der Waals surface area contributed by atoms with E-state index in [0.717, 1.165) is 12.0 Å². The number of amides is 1. The molecule has 0 N–H and O–H groups in total. The molecule has 0 bridgehead atoms. The number of methoxy groups -OCH3 is 1. The van der Waals surface area contributed by atoms with Crippen molar-refractivity contribution in [2.75, 3.05) is 13.7 Å². The predicted molar refractivity (Wildman–Crippen MR) is 72.2 cm³/mol. The van der Waals surface area contributed by atoms with Crippen molar-refractivity contribution in [2.45, 2.75) is 63.8 Å². The number of esters is 1. The lowest BCUT2D eigenvalue weighted by molar-refractivity contribution is -0.161. The first-order valence-electron chi connectivity index (χ1n) is 7.07. The smallest absolute Gasteiger partial charge is 0.411 e. The highest BCUT2D eigenvalue weighted by Crippen LogP contribution is 2.38. The molecule has 1 aliphatic rings. The Morgan fingerprint density at radius 3 is 2.27 bits per heavy atom. The van der Waals surface area contributed by atoms with Gasteiger partial charge >= 0.3 is 18.2 Å². The first kappa shape index (κ1) is 18.6. The van der Waals surface area contributed by atoms with E-state index in [-0.39, 0.29) is 13.0 Å². The first-order chi connectivity index (χ1) is 9.91. The number of nitrogens with zero attached hydrogens (tertiary/aromatic N) is 1. The number of carbonyl (C=O) groups is 2. The second kappa shape index (κ2) is 6.34. The third-order valence-electron chi connectivity index (χ3n) is 3.49. The van der Waals surface area contributed by atoms with Gasteiger partial charge < -0.3 is 9.47 Å². The van der Waals surface area contributed by atoms with Crippen LogP contribution in [0.25, 0.3) is 0 Å². The fourth-order valence-electron chi connectivity index (χ4n) is 2.57. The van der Waals surface area contributed by atoms with Crippen molar-refractivity contribution in [3.05, 3.63) is 0 Å². The van der Waals surface area contributed by atoms with E-state index in [2.05, 4.69) is 4.74 Å². The van der Waals surface area contributed by atoms with Gasteiger partial charge in [0.1, 0.15) is 11.1 Å². The lowest BCUT2D eigenvalue weighted by atomic mass is 9.90. The van der Waals surface area contributed by atoms with Gasteiger partial charge in [-0.05, 0) is 40.0 Å². The molecule has 0 saturated carbocycles. The molecule has 0 radical (unpaired) electrons. The van der Waals surface area contributed by atoms with Crippen LogP contribution in [-0.4, -0.2) is 47.9 Å². The van der Waals surface area contributed by atoms with Gasteiger partial charge in [0.2, 0.25) is 0 Å². The second-order valence-corrected chi connectivity index (χ2v) is 6.37. The number of carbonyl (C=O) groups excluding carboxylic acids is 2. The highest BCUT2D eigenvalue weighted by molar-refractivity contribution is 5.86. The molecule has 0 aromatic carbocycles. The standard InChI is InChI=1S/C14H22F3NO4/c1-12(2,3)22-11(20)18-9-5-6-13(18,10(19)21-4)7-8-14(15,16)17/h5-9H2,1-4H3. The molecule has 0 spiro atoms. The molecule has 1 fully saturated rings. The molecule has 0 aromatic rings. The fourth-order valence-corrected chi connectivity index (χ4v) is 2.57. The largest absolute Gasteiger partial charge is 0.467 e. The molecule has 128 valence electrons. The summed E-state index contributed by atoms with van der Waals surface area (Å²) >= 11 is 0. The van der Waals surface area contributed by atoms with E-state index in [9.17, 15) is 22.8 Å². The van der Waals surface area contributed by atoms with Crippen molar-refractivity contribution in [1.29, 1.82) is 0 Å². The van der Waals surface area contributed by atoms with Crippen molar-refractivity contribution in [3.63, 3.8) is 0 Å². The molecule has 1 amide bonds. The minimum atomic E-state index is -4.41. The SMILES string of the molecule is COC(=O)C1(CCC(F)(F)F)CCCN1C(=O)OC(C)(C)C. The third-order valence-corrected chi connectivity index (χ3v) is 3.49. The van der Waals surface area contributed by atoms with Gasteiger partial charge in [-0.15, -0.1) is 0 Å². The van der Waals surface area contributed by atoms with Crippen LogP contribution in [0, 0.1) is 0 Å². The van der Waals surface area contributed by atoms with Gasteiger partial charge in [-0.2, -0.15) is 13.2 Å². The summed E-state index contributed by atoms with van der Waals surface area (Å²) in [5.41, 5.74) is -2.40. The summed E-state index contributed by atoms with van der Waals surface area (Å²) in [5.74, 6) is -0.833. The number of ether oxygens (including phenoxy) is 2. The fraction of sp³-hybridized carbons (Fsp3) is 0.857. The molecule has 1 aliphatic heterocycles. The van der Waals surface area contributed by atoms with Crippen LogP contribution in [0.4, 0.5) is 18.0 Å². The van der Waals surface area contributed by atoms with Gasteiger partial charge in [0.05, 0.1) is 7.11 Å². The summed E-state index contributed by atoms with van der Waals surface area (Å²) in [7, 11) is 1.10. The van der Waals surface area contributed by atoms with E-state index in [0.29, 0.717) is 6.42 Å². The van der Waals surface area contributed by atoms with Gasteiger partial charge in [-0.3, -0.25) is 4.90 Å². The van der Waals surface area contributed by atoms with Crippen LogP contribution in [0.15, 0.2) is 0 Å². The molecular weight excluding hydrogens is 303 g/mol. The molecule has 8 heteroatoms. The Kier molecular flexibility index (Phi) is 5.35. The van der Waals surface area contributed by atoms with Crippen LogP contribution in [-0.2, 0) is 14.3 Å². The zero-order chi connectivity index (χ0) is 17.2. The molecular formula is C14H22F3NO4.